The Kier molecular flexibility index (Phi) is 60.5. The number of rotatable bonds is 0. The van der Waals surface area contributed by atoms with Crippen LogP contribution in [0.15, 0.2) is 0 Å². The first kappa shape index (κ1) is 26.2. The first-order valence-electron chi connectivity index (χ1n) is 0.651. The third-order valence-electron chi connectivity index (χ3n) is 0. The van der Waals surface area contributed by atoms with Gasteiger partial charge < -0.3 is 16.3 Å². The smallest absolute Gasteiger partial charge is 1.00 e. The number of halogens is 1. The summed E-state index contributed by atoms with van der Waals surface area (Å²) in [5.74, 6) is 0. The Bertz CT molecular complexity index is 40.3. The summed E-state index contributed by atoms with van der Waals surface area (Å²) in [6, 6.07) is 0. The minimum absolute atomic E-state index is 0. The van der Waals surface area contributed by atoms with Crippen LogP contribution in [-0.2, 0) is 0 Å². The van der Waals surface area contributed by atoms with Crippen LogP contribution in [0.1, 0.15) is 1.43 Å². The summed E-state index contributed by atoms with van der Waals surface area (Å²) in [4.78, 5) is 8.56. The van der Waals surface area contributed by atoms with Crippen LogP contribution in [0.4, 0.5) is 4.79 Å². The number of hydrogen-bond acceptors (Lipinski definition) is 1. The first-order chi connectivity index (χ1) is 1.73. The van der Waals surface area contributed by atoms with Gasteiger partial charge in [-0.3, -0.25) is 0 Å². The minimum atomic E-state index is -1.83. The van der Waals surface area contributed by atoms with E-state index in [2.05, 4.69) is 0 Å². The van der Waals surface area contributed by atoms with Crippen LogP contribution in [0, 0.1) is 0 Å². The number of carbonyl (C=O) groups is 1. The summed E-state index contributed by atoms with van der Waals surface area (Å²) >= 11 is 0. The van der Waals surface area contributed by atoms with E-state index in [4.69, 9.17) is 15.0 Å². The molecule has 0 bridgehead atoms. The average molecular weight is 95.9 g/mol. The van der Waals surface area contributed by atoms with Gasteiger partial charge >= 0.3 is 43.9 Å². The summed E-state index contributed by atoms with van der Waals surface area (Å²) in [7, 11) is 0. The zero-order valence-corrected chi connectivity index (χ0v) is 4.18. The van der Waals surface area contributed by atoms with E-state index in [1.165, 1.54) is 0 Å². The second-order valence-electron chi connectivity index (χ2n) is 0.283. The van der Waals surface area contributed by atoms with Crippen LogP contribution >= 0.6 is 0 Å². The van der Waals surface area contributed by atoms with Gasteiger partial charge in [0.05, 0.1) is 0 Å². The van der Waals surface area contributed by atoms with Crippen molar-refractivity contribution in [2.24, 2.45) is 0 Å². The van der Waals surface area contributed by atoms with Gasteiger partial charge in [0.25, 0.3) is 0 Å². The van der Waals surface area contributed by atoms with Crippen molar-refractivity contribution in [1.29, 1.82) is 0 Å². The molecule has 0 saturated heterocycles. The molecule has 0 unspecified atom stereocenters. The van der Waals surface area contributed by atoms with Crippen LogP contribution in [0.2, 0.25) is 0 Å². The molecule has 0 aromatic rings. The van der Waals surface area contributed by atoms with E-state index in [1.807, 2.05) is 0 Å². The van der Waals surface area contributed by atoms with Crippen molar-refractivity contribution in [2.75, 3.05) is 0 Å². The van der Waals surface area contributed by atoms with Gasteiger partial charge in [-0.2, -0.15) is 0 Å². The summed E-state index contributed by atoms with van der Waals surface area (Å²) < 4.78 is 0. The Balaban J connectivity index is -0.00000000750. The van der Waals surface area contributed by atoms with Gasteiger partial charge in [-0.05, 0) is 0 Å². The zero-order valence-electron chi connectivity index (χ0n) is 5.18. The molecule has 7 heavy (non-hydrogen) atoms. The molecule has 0 rings (SSSR count). The van der Waals surface area contributed by atoms with E-state index in [0.717, 1.165) is 0 Å². The Morgan fingerprint density at radius 2 is 1.29 bits per heavy atom. The van der Waals surface area contributed by atoms with E-state index >= 15 is 0 Å². The van der Waals surface area contributed by atoms with Crippen molar-refractivity contribution in [3.05, 3.63) is 0 Å². The summed E-state index contributed by atoms with van der Waals surface area (Å²) in [6.45, 7) is 0. The van der Waals surface area contributed by atoms with E-state index in [1.54, 1.807) is 0 Å². The van der Waals surface area contributed by atoms with E-state index < -0.39 is 6.16 Å². The minimum Gasteiger partial charge on any atom is -1.00 e. The SMILES string of the molecule is O=C(O)O.[F-].[H-].[Li+].[Li+]. The largest absolute Gasteiger partial charge is 1.00 e. The molecule has 0 heterocycles. The van der Waals surface area contributed by atoms with E-state index in [-0.39, 0.29) is 43.9 Å². The van der Waals surface area contributed by atoms with Gasteiger partial charge in [-0.25, -0.2) is 4.79 Å². The average Bonchev–Trinajstić information content (AvgIpc) is 0.811. The summed E-state index contributed by atoms with van der Waals surface area (Å²) in [6.07, 6.45) is -1.83. The molecular weight excluding hydrogens is 92.9 g/mol. The predicted molar refractivity (Wildman–Crippen MR) is 11.8 cm³/mol. The molecule has 0 aliphatic rings. The van der Waals surface area contributed by atoms with Crippen LogP contribution in [0.25, 0.3) is 0 Å². The van der Waals surface area contributed by atoms with Crippen LogP contribution in [0.3, 0.4) is 0 Å². The standard InChI is InChI=1S/CH2O3.FH.2Li.H/c2-1(3)4;;;;/h(H2,2,3,4);1H;;;/q;;2*+1;-1/p-1. The topological polar surface area (TPSA) is 57.5 Å². The molecule has 0 radical (unpaired) electrons. The Hall–Kier alpha value is 0.395. The van der Waals surface area contributed by atoms with Gasteiger partial charge in [0.1, 0.15) is 0 Å². The maximum Gasteiger partial charge on any atom is 1.00 e. The second-order valence-corrected chi connectivity index (χ2v) is 0.283. The normalized spacial score (nSPS) is 3.43. The third kappa shape index (κ3) is 792. The van der Waals surface area contributed by atoms with Gasteiger partial charge in [-0.1, -0.05) is 0 Å². The van der Waals surface area contributed by atoms with Crippen LogP contribution in [-0.4, -0.2) is 16.4 Å². The van der Waals surface area contributed by atoms with Gasteiger partial charge in [0, 0.05) is 0 Å². The quantitative estimate of drug-likeness (QED) is 0.294. The molecular formula is CH3FLi2O3. The summed E-state index contributed by atoms with van der Waals surface area (Å²) in [5.41, 5.74) is 0. The molecule has 3 nitrogen and oxygen atoms in total. The van der Waals surface area contributed by atoms with E-state index in [0.29, 0.717) is 0 Å². The van der Waals surface area contributed by atoms with Crippen LogP contribution < -0.4 is 42.4 Å². The molecule has 0 saturated carbocycles. The fourth-order valence-electron chi connectivity index (χ4n) is 0. The molecule has 6 heteroatoms. The molecule has 2 N–H and O–H groups in total. The maximum atomic E-state index is 8.56. The van der Waals surface area contributed by atoms with Crippen molar-refractivity contribution < 1.29 is 58.9 Å². The molecule has 0 aliphatic heterocycles. The monoisotopic (exact) mass is 96.0 g/mol. The van der Waals surface area contributed by atoms with Crippen molar-refractivity contribution in [3.8, 4) is 0 Å². The van der Waals surface area contributed by atoms with Gasteiger partial charge in [0.15, 0.2) is 0 Å². The fraction of sp³-hybridized carbons (Fsp3) is 0. The summed E-state index contributed by atoms with van der Waals surface area (Å²) in [5, 5.41) is 13.9. The molecule has 34 valence electrons. The second kappa shape index (κ2) is 16.1. The molecule has 0 atom stereocenters. The zero-order chi connectivity index (χ0) is 3.58. The number of carboxylic acid groups (broad SMARTS) is 2. The van der Waals surface area contributed by atoms with Crippen molar-refractivity contribution in [3.63, 3.8) is 0 Å². The van der Waals surface area contributed by atoms with E-state index in [9.17, 15) is 0 Å². The Labute approximate surface area is 65.3 Å². The maximum absolute atomic E-state index is 8.56. The van der Waals surface area contributed by atoms with Crippen molar-refractivity contribution in [1.82, 2.24) is 0 Å². The van der Waals surface area contributed by atoms with Crippen molar-refractivity contribution >= 4 is 6.16 Å². The molecule has 0 aromatic heterocycles. The molecule has 0 aliphatic carbocycles. The molecule has 0 aromatic carbocycles. The number of hydrogen-bond donors (Lipinski definition) is 2. The van der Waals surface area contributed by atoms with Gasteiger partial charge in [-0.15, -0.1) is 0 Å². The Morgan fingerprint density at radius 1 is 1.29 bits per heavy atom. The van der Waals surface area contributed by atoms with Crippen LogP contribution in [0.5, 0.6) is 0 Å². The molecule has 0 fully saturated rings. The first-order valence-corrected chi connectivity index (χ1v) is 0.651. The predicted octanol–water partition coefficient (Wildman–Crippen LogP) is -8.65. The fourth-order valence-corrected chi connectivity index (χ4v) is 0. The third-order valence-corrected chi connectivity index (χ3v) is 0. The van der Waals surface area contributed by atoms with Crippen molar-refractivity contribution in [2.45, 2.75) is 0 Å². The van der Waals surface area contributed by atoms with Gasteiger partial charge in [0.2, 0.25) is 0 Å². The Morgan fingerprint density at radius 3 is 1.29 bits per heavy atom. The molecule has 0 amide bonds. The molecule has 0 spiro atoms.